The molecule has 5 atom stereocenters. The third-order valence-corrected chi connectivity index (χ3v) is 4.92. The van der Waals surface area contributed by atoms with E-state index >= 15 is 0 Å². The third kappa shape index (κ3) is 6.64. The largest absolute Gasteiger partial charge is 0.829 e. The molecule has 1 heterocycles. The van der Waals surface area contributed by atoms with E-state index in [4.69, 9.17) is 14.6 Å². The first kappa shape index (κ1) is 24.0. The number of hydrogen-bond donors (Lipinski definition) is 4. The van der Waals surface area contributed by atoms with Crippen LogP contribution in [0.15, 0.2) is 30.3 Å². The van der Waals surface area contributed by atoms with Crippen LogP contribution in [0, 0.1) is 0 Å². The zero-order valence-electron chi connectivity index (χ0n) is 16.8. The highest BCUT2D eigenvalue weighted by Crippen LogP contribution is 2.23. The van der Waals surface area contributed by atoms with Crippen molar-refractivity contribution in [2.24, 2.45) is 0 Å². The number of rotatable bonds is 9. The van der Waals surface area contributed by atoms with E-state index in [-0.39, 0.29) is 13.2 Å². The van der Waals surface area contributed by atoms with E-state index in [1.807, 2.05) is 30.3 Å². The number of nitrogens with one attached hydrogen (secondary N) is 1. The second-order valence-electron chi connectivity index (χ2n) is 7.11. The van der Waals surface area contributed by atoms with Gasteiger partial charge in [0.05, 0.1) is 12.6 Å². The van der Waals surface area contributed by atoms with Gasteiger partial charge in [-0.3, -0.25) is 4.79 Å². The zero-order valence-corrected chi connectivity index (χ0v) is 16.8. The summed E-state index contributed by atoms with van der Waals surface area (Å²) >= 11 is 0. The van der Waals surface area contributed by atoms with E-state index in [9.17, 15) is 24.9 Å². The van der Waals surface area contributed by atoms with Crippen molar-refractivity contribution in [2.75, 3.05) is 19.7 Å². The van der Waals surface area contributed by atoms with Gasteiger partial charge >= 0.3 is 6.09 Å². The number of unbranched alkanes of at least 4 members (excludes halogenated alkanes) is 1. The summed E-state index contributed by atoms with van der Waals surface area (Å²) in [7, 11) is 0. The number of benzene rings is 1. The molecule has 0 aliphatic carbocycles. The Hall–Kier alpha value is -2.24. The van der Waals surface area contributed by atoms with Crippen LogP contribution in [-0.4, -0.2) is 82.6 Å². The Morgan fingerprint density at radius 3 is 2.53 bits per heavy atom. The second kappa shape index (κ2) is 11.8. The summed E-state index contributed by atoms with van der Waals surface area (Å²) in [5.74, 6) is -0.451. The van der Waals surface area contributed by atoms with Crippen LogP contribution in [0.3, 0.4) is 0 Å². The van der Waals surface area contributed by atoms with Gasteiger partial charge in [-0.2, -0.15) is 0 Å². The Morgan fingerprint density at radius 1 is 1.20 bits per heavy atom. The zero-order chi connectivity index (χ0) is 22.1. The highest BCUT2D eigenvalue weighted by atomic mass is 16.6. The predicted octanol–water partition coefficient (Wildman–Crippen LogP) is -1.29. The number of aliphatic hydroxyl groups is 3. The molecule has 168 valence electrons. The van der Waals surface area contributed by atoms with E-state index in [0.29, 0.717) is 19.4 Å². The van der Waals surface area contributed by atoms with Crippen LogP contribution < -0.4 is 10.4 Å². The lowest BCUT2D eigenvalue weighted by molar-refractivity contribution is -0.525. The molecule has 4 N–H and O–H groups in total. The number of hydrogen-bond acceptors (Lipinski definition) is 8. The molecule has 0 unspecified atom stereocenters. The smallest absolute Gasteiger partial charge is 0.407 e. The molecule has 30 heavy (non-hydrogen) atoms. The van der Waals surface area contributed by atoms with Crippen molar-refractivity contribution in [1.29, 1.82) is 0 Å². The Kier molecular flexibility index (Phi) is 9.47. The monoisotopic (exact) mass is 425 g/mol. The molecule has 0 saturated carbocycles. The molecule has 1 aromatic carbocycles. The van der Waals surface area contributed by atoms with E-state index in [0.717, 1.165) is 10.5 Å². The average Bonchev–Trinajstić information content (AvgIpc) is 2.73. The molecule has 1 aliphatic rings. The molecular weight excluding hydrogens is 396 g/mol. The first-order valence-electron chi connectivity index (χ1n) is 9.85. The molecule has 10 heteroatoms. The maximum atomic E-state index is 12.2. The van der Waals surface area contributed by atoms with Crippen molar-refractivity contribution >= 4 is 12.0 Å². The highest BCUT2D eigenvalue weighted by Gasteiger charge is 2.43. The van der Waals surface area contributed by atoms with E-state index < -0.39 is 49.3 Å². The maximum absolute atomic E-state index is 12.2. The van der Waals surface area contributed by atoms with Gasteiger partial charge < -0.3 is 40.1 Å². The summed E-state index contributed by atoms with van der Waals surface area (Å²) in [5, 5.41) is 44.2. The fourth-order valence-electron chi connectivity index (χ4n) is 3.29. The van der Waals surface area contributed by atoms with Crippen LogP contribution in [0.4, 0.5) is 4.79 Å². The van der Waals surface area contributed by atoms with Crippen molar-refractivity contribution in [3.8, 4) is 0 Å². The lowest BCUT2D eigenvalue weighted by atomic mass is 9.95. The van der Waals surface area contributed by atoms with Crippen LogP contribution in [-0.2, 0) is 20.9 Å². The number of amides is 2. The van der Waals surface area contributed by atoms with Crippen molar-refractivity contribution in [3.63, 3.8) is 0 Å². The van der Waals surface area contributed by atoms with Crippen molar-refractivity contribution in [3.05, 3.63) is 35.9 Å². The van der Waals surface area contributed by atoms with Gasteiger partial charge in [-0.25, -0.2) is 4.79 Å². The third-order valence-electron chi connectivity index (χ3n) is 4.92. The van der Waals surface area contributed by atoms with Gasteiger partial charge in [0, 0.05) is 26.3 Å². The minimum atomic E-state index is -1.80. The Labute approximate surface area is 175 Å². The predicted molar refractivity (Wildman–Crippen MR) is 103 cm³/mol. The summed E-state index contributed by atoms with van der Waals surface area (Å²) in [4.78, 5) is 24.9. The first-order valence-corrected chi connectivity index (χ1v) is 9.85. The molecule has 1 fully saturated rings. The summed E-state index contributed by atoms with van der Waals surface area (Å²) in [5.41, 5.74) is 0.871. The molecular formula is C20H29N2O8-. The fraction of sp³-hybridized carbons (Fsp3) is 0.600. The quantitative estimate of drug-likeness (QED) is 0.357. The molecule has 2 amide bonds. The van der Waals surface area contributed by atoms with Gasteiger partial charge in [-0.05, 0) is 18.4 Å². The van der Waals surface area contributed by atoms with Crippen LogP contribution in [0.2, 0.25) is 0 Å². The van der Waals surface area contributed by atoms with Gasteiger partial charge in [0.25, 0.3) is 0 Å². The van der Waals surface area contributed by atoms with Gasteiger partial charge in [-0.1, -0.05) is 30.3 Å². The summed E-state index contributed by atoms with van der Waals surface area (Å²) in [6.45, 7) is 1.24. The molecule has 1 aromatic rings. The Morgan fingerprint density at radius 2 is 1.90 bits per heavy atom. The minimum Gasteiger partial charge on any atom is -0.829 e. The minimum absolute atomic E-state index is 0.135. The first-order chi connectivity index (χ1) is 14.3. The fourth-order valence-corrected chi connectivity index (χ4v) is 3.29. The summed E-state index contributed by atoms with van der Waals surface area (Å²) < 4.78 is 10.1. The molecule has 0 bridgehead atoms. The topological polar surface area (TPSA) is 152 Å². The summed E-state index contributed by atoms with van der Waals surface area (Å²) in [6, 6.07) is 7.98. The number of carbonyl (C=O) groups is 2. The van der Waals surface area contributed by atoms with E-state index in [1.165, 1.54) is 6.92 Å². The van der Waals surface area contributed by atoms with Crippen molar-refractivity contribution in [1.82, 2.24) is 10.2 Å². The molecule has 0 spiro atoms. The lowest BCUT2D eigenvalue weighted by Gasteiger charge is -2.50. The van der Waals surface area contributed by atoms with Crippen LogP contribution in [0.5, 0.6) is 0 Å². The highest BCUT2D eigenvalue weighted by molar-refractivity contribution is 5.73. The van der Waals surface area contributed by atoms with Crippen LogP contribution in [0.25, 0.3) is 0 Å². The molecule has 0 radical (unpaired) electrons. The molecule has 1 aliphatic heterocycles. The van der Waals surface area contributed by atoms with Gasteiger partial charge in [-0.15, -0.1) is 0 Å². The van der Waals surface area contributed by atoms with Crippen molar-refractivity contribution in [2.45, 2.75) is 57.0 Å². The van der Waals surface area contributed by atoms with Crippen LogP contribution in [0.1, 0.15) is 25.3 Å². The lowest BCUT2D eigenvalue weighted by Crippen LogP contribution is -2.68. The molecule has 1 saturated heterocycles. The Balaban J connectivity index is 1.74. The molecule has 10 nitrogen and oxygen atoms in total. The summed E-state index contributed by atoms with van der Waals surface area (Å²) in [6.07, 6.45) is -5.63. The van der Waals surface area contributed by atoms with Gasteiger partial charge in [0.1, 0.15) is 24.9 Å². The van der Waals surface area contributed by atoms with Gasteiger partial charge in [0.15, 0.2) is 0 Å². The maximum Gasteiger partial charge on any atom is 0.407 e. The average molecular weight is 425 g/mol. The normalized spacial score (nSPS) is 26.1. The number of nitrogens with zero attached hydrogens (tertiary/aromatic N) is 1. The molecule has 0 aromatic heterocycles. The number of ether oxygens (including phenoxy) is 2. The Bertz CT molecular complexity index is 674. The van der Waals surface area contributed by atoms with Gasteiger partial charge in [0.2, 0.25) is 5.91 Å². The van der Waals surface area contributed by atoms with Crippen LogP contribution >= 0.6 is 0 Å². The van der Waals surface area contributed by atoms with E-state index in [1.54, 1.807) is 0 Å². The van der Waals surface area contributed by atoms with Crippen molar-refractivity contribution < 1.29 is 39.5 Å². The molecule has 2 rings (SSSR count). The number of alkyl carbamates (subject to hydrolysis) is 1. The standard InChI is InChI=1S/C20H29N2O8/c1-13(24)22(16-18(26)17(25)15(11-23)30-19(16)27)10-6-5-9-21-20(28)29-12-14-7-3-2-4-8-14/h2-4,7-8,15-19,23,25-26H,5-6,9-12H2,1H3,(H,21,28)/q-1/t15-,16-,17-,18-,19-/m1/s1. The second-order valence-corrected chi connectivity index (χ2v) is 7.11. The van der Waals surface area contributed by atoms with E-state index in [2.05, 4.69) is 5.32 Å². The number of carbonyl (C=O) groups excluding carboxylic acids is 2. The SMILES string of the molecule is CC(=O)N(CCCCNC(=O)OCc1ccccc1)[C@@H]1[C@@H](O)[C@H](O)[C@@H](CO)O[C@H]1[O-]. The number of aliphatic hydroxyl groups excluding tert-OH is 3.